The third kappa shape index (κ3) is 3.50. The van der Waals surface area contributed by atoms with Gasteiger partial charge in [-0.05, 0) is 24.3 Å². The second-order valence-corrected chi connectivity index (χ2v) is 3.47. The highest BCUT2D eigenvalue weighted by Gasteiger charge is 2.06. The molecule has 7 heteroatoms. The van der Waals surface area contributed by atoms with Gasteiger partial charge in [0.15, 0.2) is 0 Å². The van der Waals surface area contributed by atoms with E-state index in [2.05, 4.69) is 0 Å². The average molecular weight is 201 g/mol. The normalized spacial score (nSPS) is 9.77. The number of nitrogens with two attached hydrogens (primary N) is 1. The largest absolute Gasteiger partial charge is 0.399 e. The van der Waals surface area contributed by atoms with E-state index in [9.17, 15) is 8.42 Å². The molecule has 0 aliphatic rings. The Morgan fingerprint density at radius 3 is 1.85 bits per heavy atom. The van der Waals surface area contributed by atoms with Crippen LogP contribution >= 0.6 is 0 Å². The summed E-state index contributed by atoms with van der Waals surface area (Å²) in [7, 11) is -4.08. The first kappa shape index (κ1) is 11.4. The lowest BCUT2D eigenvalue weighted by Crippen LogP contribution is -1.97. The minimum Gasteiger partial charge on any atom is -0.399 e. The van der Waals surface area contributed by atoms with Crippen molar-refractivity contribution in [1.29, 1.82) is 10.8 Å². The van der Waals surface area contributed by atoms with E-state index >= 15 is 0 Å². The van der Waals surface area contributed by atoms with Crippen LogP contribution in [0.1, 0.15) is 0 Å². The van der Waals surface area contributed by atoms with Crippen LogP contribution < -0.4 is 5.73 Å². The van der Waals surface area contributed by atoms with E-state index in [0.29, 0.717) is 5.69 Å². The van der Waals surface area contributed by atoms with E-state index in [1.807, 2.05) is 0 Å². The predicted octanol–water partition coefficient (Wildman–Crippen LogP) is 0.546. The molecule has 0 unspecified atom stereocenters. The molecule has 1 aromatic rings. The number of hydrogen-bond donors (Lipinski definition) is 2. The maximum atomic E-state index is 10.5. The van der Waals surface area contributed by atoms with E-state index in [4.69, 9.17) is 21.1 Å². The smallest absolute Gasteiger partial charge is 0.294 e. The van der Waals surface area contributed by atoms with Gasteiger partial charge in [-0.25, -0.2) is 0 Å². The monoisotopic (exact) mass is 201 g/mol. The Morgan fingerprint density at radius 2 is 1.54 bits per heavy atom. The van der Waals surface area contributed by atoms with Gasteiger partial charge in [0.05, 0.1) is 4.90 Å². The highest BCUT2D eigenvalue weighted by atomic mass is 32.2. The quantitative estimate of drug-likeness (QED) is 0.387. The van der Waals surface area contributed by atoms with Gasteiger partial charge in [-0.3, -0.25) is 4.55 Å². The van der Waals surface area contributed by atoms with Crippen LogP contribution in [0.25, 0.3) is 0 Å². The van der Waals surface area contributed by atoms with Crippen LogP contribution in [-0.2, 0) is 10.1 Å². The van der Waals surface area contributed by atoms with E-state index < -0.39 is 10.1 Å². The van der Waals surface area contributed by atoms with Crippen LogP contribution in [0.4, 0.5) is 5.69 Å². The highest BCUT2D eigenvalue weighted by molar-refractivity contribution is 7.85. The van der Waals surface area contributed by atoms with Gasteiger partial charge in [-0.2, -0.15) is 8.42 Å². The Balaban J connectivity index is 0.000000671. The molecule has 0 aliphatic carbocycles. The van der Waals surface area contributed by atoms with Crippen molar-refractivity contribution < 1.29 is 13.0 Å². The predicted molar refractivity (Wildman–Crippen MR) is 44.1 cm³/mol. The van der Waals surface area contributed by atoms with Gasteiger partial charge >= 0.3 is 0 Å². The molecule has 13 heavy (non-hydrogen) atoms. The lowest BCUT2D eigenvalue weighted by molar-refractivity contribution is 0.483. The van der Waals surface area contributed by atoms with E-state index in [1.54, 1.807) is 0 Å². The van der Waals surface area contributed by atoms with Gasteiger partial charge in [-0.1, -0.05) is 0 Å². The fourth-order valence-electron chi connectivity index (χ4n) is 0.640. The summed E-state index contributed by atoms with van der Waals surface area (Å²) in [5.74, 6) is 0. The molecule has 6 nitrogen and oxygen atoms in total. The highest BCUT2D eigenvalue weighted by Crippen LogP contribution is 2.10. The minimum atomic E-state index is -4.08. The fraction of sp³-hybridized carbons (Fsp3) is 0. The van der Waals surface area contributed by atoms with Crippen molar-refractivity contribution in [3.63, 3.8) is 0 Å². The Hall–Kier alpha value is -1.65. The molecule has 0 aliphatic heterocycles. The standard InChI is InChI=1S/C6H7NO3S.N2/c7-5-1-3-6(4-2-5)11(8,9)10;1-2/h1-4H,7H2,(H,8,9,10);. The first-order chi connectivity index (χ1) is 6.00. The summed E-state index contributed by atoms with van der Waals surface area (Å²) in [5.41, 5.74) is 5.75. The maximum absolute atomic E-state index is 10.5. The summed E-state index contributed by atoms with van der Waals surface area (Å²) in [6, 6.07) is 5.29. The molecule has 1 rings (SSSR count). The van der Waals surface area contributed by atoms with Crippen LogP contribution in [0.5, 0.6) is 0 Å². The maximum Gasteiger partial charge on any atom is 0.294 e. The minimum absolute atomic E-state index is 0.147. The molecule has 0 radical (unpaired) electrons. The summed E-state index contributed by atoms with van der Waals surface area (Å²) in [4.78, 5) is -0.147. The Labute approximate surface area is 75.2 Å². The van der Waals surface area contributed by atoms with Gasteiger partial charge in [-0.15, -0.1) is 0 Å². The van der Waals surface area contributed by atoms with Gasteiger partial charge in [0.25, 0.3) is 10.1 Å². The molecule has 0 amide bonds. The molecule has 0 aromatic heterocycles. The second-order valence-electron chi connectivity index (χ2n) is 2.04. The summed E-state index contributed by atoms with van der Waals surface area (Å²) in [6.45, 7) is 0. The molecule has 0 atom stereocenters. The van der Waals surface area contributed by atoms with Gasteiger partial charge in [0.1, 0.15) is 0 Å². The molecule has 0 fully saturated rings. The summed E-state index contributed by atoms with van der Waals surface area (Å²) < 4.78 is 29.4. The molecule has 0 saturated carbocycles. The first-order valence-corrected chi connectivity index (χ1v) is 4.47. The third-order valence-corrected chi connectivity index (χ3v) is 2.05. The molecular weight excluding hydrogens is 194 g/mol. The van der Waals surface area contributed by atoms with E-state index in [1.165, 1.54) is 24.3 Å². The van der Waals surface area contributed by atoms with Crippen LogP contribution in [0.2, 0.25) is 0 Å². The second kappa shape index (κ2) is 4.39. The van der Waals surface area contributed by atoms with Crippen molar-refractivity contribution in [3.8, 4) is 0 Å². The number of hydrogen-bond acceptors (Lipinski definition) is 5. The van der Waals surface area contributed by atoms with E-state index in [-0.39, 0.29) is 4.90 Å². The summed E-state index contributed by atoms with van der Waals surface area (Å²) in [6.07, 6.45) is 0. The third-order valence-electron chi connectivity index (χ3n) is 1.18. The number of nitrogens with zero attached hydrogens (tertiary/aromatic N) is 2. The Morgan fingerprint density at radius 1 is 1.15 bits per heavy atom. The SMILES string of the molecule is N#N.Nc1ccc(S(=O)(=O)O)cc1. The van der Waals surface area contributed by atoms with Gasteiger partial charge in [0.2, 0.25) is 0 Å². The average Bonchev–Trinajstić information content (AvgIpc) is 2.07. The van der Waals surface area contributed by atoms with Crippen molar-refractivity contribution in [3.05, 3.63) is 24.3 Å². The zero-order chi connectivity index (χ0) is 10.5. The molecule has 1 aromatic carbocycles. The zero-order valence-corrected chi connectivity index (χ0v) is 7.27. The lowest BCUT2D eigenvalue weighted by atomic mass is 10.3. The molecular formula is C6H7N3O3S. The fourth-order valence-corrected chi connectivity index (χ4v) is 1.12. The van der Waals surface area contributed by atoms with E-state index in [0.717, 1.165) is 0 Å². The van der Waals surface area contributed by atoms with Crippen molar-refractivity contribution in [1.82, 2.24) is 0 Å². The number of rotatable bonds is 1. The van der Waals surface area contributed by atoms with Crippen LogP contribution in [0.3, 0.4) is 0 Å². The Kier molecular flexibility index (Phi) is 3.84. The van der Waals surface area contributed by atoms with Crippen molar-refractivity contribution in [2.75, 3.05) is 5.73 Å². The molecule has 0 spiro atoms. The topological polar surface area (TPSA) is 128 Å². The molecule has 3 N–H and O–H groups in total. The van der Waals surface area contributed by atoms with Crippen molar-refractivity contribution >= 4 is 15.8 Å². The van der Waals surface area contributed by atoms with Crippen molar-refractivity contribution in [2.24, 2.45) is 0 Å². The summed E-state index contributed by atoms with van der Waals surface area (Å²) in [5, 5.41) is 12.0. The Bertz CT molecular complexity index is 381. The zero-order valence-electron chi connectivity index (χ0n) is 6.45. The van der Waals surface area contributed by atoms with Crippen LogP contribution in [-0.4, -0.2) is 13.0 Å². The first-order valence-electron chi connectivity index (χ1n) is 3.03. The summed E-state index contributed by atoms with van der Waals surface area (Å²) >= 11 is 0. The molecule has 70 valence electrons. The molecule has 0 heterocycles. The van der Waals surface area contributed by atoms with Crippen LogP contribution in [0.15, 0.2) is 29.2 Å². The van der Waals surface area contributed by atoms with Gasteiger partial charge < -0.3 is 5.73 Å². The van der Waals surface area contributed by atoms with Gasteiger partial charge in [0, 0.05) is 16.5 Å². The lowest BCUT2D eigenvalue weighted by Gasteiger charge is -1.95. The number of anilines is 1. The number of nitrogen functional groups attached to an aromatic ring is 1. The molecule has 0 bridgehead atoms. The molecule has 0 saturated heterocycles. The number of benzene rings is 1. The van der Waals surface area contributed by atoms with Crippen molar-refractivity contribution in [2.45, 2.75) is 4.90 Å². The van der Waals surface area contributed by atoms with Crippen LogP contribution in [0, 0.1) is 10.8 Å².